The summed E-state index contributed by atoms with van der Waals surface area (Å²) < 4.78 is 6.23. The first-order chi connectivity index (χ1) is 13.6. The second-order valence-electron chi connectivity index (χ2n) is 8.61. The van der Waals surface area contributed by atoms with Crippen molar-refractivity contribution in [3.63, 3.8) is 0 Å². The number of pyridine rings is 1. The lowest BCUT2D eigenvalue weighted by Crippen LogP contribution is -2.51. The number of likely N-dealkylation sites (tertiary alicyclic amines) is 2. The Hall–Kier alpha value is -1.95. The minimum absolute atomic E-state index is 0.0667. The molecule has 3 aliphatic rings. The second kappa shape index (κ2) is 8.19. The number of hydrogen-bond acceptors (Lipinski definition) is 4. The van der Waals surface area contributed by atoms with Gasteiger partial charge >= 0.3 is 0 Å². The quantitative estimate of drug-likeness (QED) is 0.803. The fraction of sp³-hybridized carbons (Fsp3) is 0.682. The SMILES string of the molecule is Cc1ncccc1C(=O)N1CCC2(CC1)CC(CC(=O)N1CCCC1)CCO2. The van der Waals surface area contributed by atoms with Crippen LogP contribution in [-0.2, 0) is 9.53 Å². The third-order valence-corrected chi connectivity index (χ3v) is 6.72. The lowest BCUT2D eigenvalue weighted by molar-refractivity contribution is -0.140. The third kappa shape index (κ3) is 4.07. The summed E-state index contributed by atoms with van der Waals surface area (Å²) >= 11 is 0. The smallest absolute Gasteiger partial charge is 0.255 e. The predicted molar refractivity (Wildman–Crippen MR) is 106 cm³/mol. The highest BCUT2D eigenvalue weighted by molar-refractivity contribution is 5.95. The van der Waals surface area contributed by atoms with Gasteiger partial charge < -0.3 is 14.5 Å². The van der Waals surface area contributed by atoms with Crippen molar-refractivity contribution in [3.8, 4) is 0 Å². The van der Waals surface area contributed by atoms with Crippen LogP contribution in [0.1, 0.15) is 61.0 Å². The van der Waals surface area contributed by atoms with Gasteiger partial charge in [0.1, 0.15) is 0 Å². The monoisotopic (exact) mass is 385 g/mol. The fourth-order valence-electron chi connectivity index (χ4n) is 4.99. The van der Waals surface area contributed by atoms with Crippen molar-refractivity contribution in [2.45, 2.75) is 57.5 Å². The summed E-state index contributed by atoms with van der Waals surface area (Å²) in [7, 11) is 0. The largest absolute Gasteiger partial charge is 0.375 e. The summed E-state index contributed by atoms with van der Waals surface area (Å²) in [6.45, 7) is 5.88. The number of amides is 2. The molecule has 1 spiro atoms. The molecule has 0 saturated carbocycles. The fourth-order valence-corrected chi connectivity index (χ4v) is 4.99. The molecule has 152 valence electrons. The molecule has 28 heavy (non-hydrogen) atoms. The molecule has 0 N–H and O–H groups in total. The molecule has 2 amide bonds. The van der Waals surface area contributed by atoms with Gasteiger partial charge in [0.15, 0.2) is 0 Å². The summed E-state index contributed by atoms with van der Waals surface area (Å²) in [6, 6.07) is 3.67. The third-order valence-electron chi connectivity index (χ3n) is 6.72. The van der Waals surface area contributed by atoms with Gasteiger partial charge in [-0.3, -0.25) is 14.6 Å². The van der Waals surface area contributed by atoms with Crippen LogP contribution in [0.25, 0.3) is 0 Å². The number of carbonyl (C=O) groups is 2. The minimum atomic E-state index is -0.158. The summed E-state index contributed by atoms with van der Waals surface area (Å²) in [4.78, 5) is 33.6. The molecule has 4 rings (SSSR count). The average molecular weight is 386 g/mol. The predicted octanol–water partition coefficient (Wildman–Crippen LogP) is 2.80. The number of nitrogens with zero attached hydrogens (tertiary/aromatic N) is 3. The molecule has 0 bridgehead atoms. The van der Waals surface area contributed by atoms with Crippen molar-refractivity contribution in [2.24, 2.45) is 5.92 Å². The molecule has 1 aromatic heterocycles. The van der Waals surface area contributed by atoms with Gasteiger partial charge in [0.05, 0.1) is 11.2 Å². The van der Waals surface area contributed by atoms with Gasteiger partial charge in [-0.1, -0.05) is 0 Å². The molecule has 0 aromatic carbocycles. The molecular weight excluding hydrogens is 354 g/mol. The Bertz CT molecular complexity index is 721. The molecule has 0 aliphatic carbocycles. The van der Waals surface area contributed by atoms with Gasteiger partial charge in [0.2, 0.25) is 5.91 Å². The van der Waals surface area contributed by atoms with Crippen molar-refractivity contribution in [1.29, 1.82) is 0 Å². The molecule has 4 heterocycles. The Labute approximate surface area is 167 Å². The highest BCUT2D eigenvalue weighted by Crippen LogP contribution is 2.39. The van der Waals surface area contributed by atoms with Gasteiger partial charge in [-0.15, -0.1) is 0 Å². The number of aryl methyl sites for hydroxylation is 1. The van der Waals surface area contributed by atoms with Crippen LogP contribution in [0.5, 0.6) is 0 Å². The normalized spacial score (nSPS) is 24.5. The van der Waals surface area contributed by atoms with Gasteiger partial charge in [0, 0.05) is 51.1 Å². The van der Waals surface area contributed by atoms with E-state index >= 15 is 0 Å². The summed E-state index contributed by atoms with van der Waals surface area (Å²) in [5.41, 5.74) is 1.31. The van der Waals surface area contributed by atoms with Crippen LogP contribution in [-0.4, -0.2) is 65.0 Å². The van der Waals surface area contributed by atoms with E-state index in [0.29, 0.717) is 36.9 Å². The van der Waals surface area contributed by atoms with E-state index in [1.807, 2.05) is 28.9 Å². The van der Waals surface area contributed by atoms with E-state index in [1.54, 1.807) is 6.20 Å². The number of aromatic nitrogens is 1. The highest BCUT2D eigenvalue weighted by Gasteiger charge is 2.42. The maximum absolute atomic E-state index is 12.8. The number of rotatable bonds is 3. The van der Waals surface area contributed by atoms with Crippen molar-refractivity contribution < 1.29 is 14.3 Å². The summed E-state index contributed by atoms with van der Waals surface area (Å²) in [6.07, 6.45) is 8.28. The molecule has 3 aliphatic heterocycles. The Balaban J connectivity index is 1.33. The van der Waals surface area contributed by atoms with Gasteiger partial charge in [-0.05, 0) is 63.5 Å². The lowest BCUT2D eigenvalue weighted by atomic mass is 9.78. The van der Waals surface area contributed by atoms with E-state index in [2.05, 4.69) is 4.98 Å². The van der Waals surface area contributed by atoms with Gasteiger partial charge in [0.25, 0.3) is 5.91 Å². The maximum Gasteiger partial charge on any atom is 0.255 e. The lowest BCUT2D eigenvalue weighted by Gasteiger charge is -2.46. The molecule has 1 unspecified atom stereocenters. The number of hydrogen-bond donors (Lipinski definition) is 0. The minimum Gasteiger partial charge on any atom is -0.375 e. The van der Waals surface area contributed by atoms with E-state index in [9.17, 15) is 9.59 Å². The molecule has 1 aromatic rings. The number of carbonyl (C=O) groups excluding carboxylic acids is 2. The average Bonchev–Trinajstić information content (AvgIpc) is 3.24. The van der Waals surface area contributed by atoms with E-state index in [0.717, 1.165) is 63.9 Å². The first kappa shape index (κ1) is 19.4. The first-order valence-corrected chi connectivity index (χ1v) is 10.7. The molecule has 3 fully saturated rings. The van der Waals surface area contributed by atoms with Crippen LogP contribution in [0.3, 0.4) is 0 Å². The zero-order valence-corrected chi connectivity index (χ0v) is 16.9. The van der Waals surface area contributed by atoms with Gasteiger partial charge in [-0.25, -0.2) is 0 Å². The summed E-state index contributed by atoms with van der Waals surface area (Å²) in [5.74, 6) is 0.793. The van der Waals surface area contributed by atoms with Gasteiger partial charge in [-0.2, -0.15) is 0 Å². The molecule has 6 nitrogen and oxygen atoms in total. The van der Waals surface area contributed by atoms with E-state index in [4.69, 9.17) is 4.74 Å². The van der Waals surface area contributed by atoms with Crippen molar-refractivity contribution in [2.75, 3.05) is 32.8 Å². The Kier molecular flexibility index (Phi) is 5.67. The second-order valence-corrected chi connectivity index (χ2v) is 8.61. The Morgan fingerprint density at radius 2 is 1.93 bits per heavy atom. The van der Waals surface area contributed by atoms with E-state index in [-0.39, 0.29) is 11.5 Å². The van der Waals surface area contributed by atoms with E-state index in [1.165, 1.54) is 0 Å². The molecule has 1 atom stereocenters. The van der Waals surface area contributed by atoms with Crippen LogP contribution < -0.4 is 0 Å². The van der Waals surface area contributed by atoms with Crippen molar-refractivity contribution >= 4 is 11.8 Å². The van der Waals surface area contributed by atoms with Crippen LogP contribution in [0, 0.1) is 12.8 Å². The molecule has 0 radical (unpaired) electrons. The highest BCUT2D eigenvalue weighted by atomic mass is 16.5. The van der Waals surface area contributed by atoms with Crippen LogP contribution in [0.2, 0.25) is 0 Å². The number of piperidine rings is 1. The topological polar surface area (TPSA) is 62.7 Å². The molecule has 3 saturated heterocycles. The van der Waals surface area contributed by atoms with Crippen LogP contribution in [0.15, 0.2) is 18.3 Å². The standard InChI is InChI=1S/C22H31N3O3/c1-17-19(5-4-9-23-17)21(27)25-12-7-22(8-13-25)16-18(6-14-28-22)15-20(26)24-10-2-3-11-24/h4-5,9,18H,2-3,6-8,10-16H2,1H3. The zero-order valence-electron chi connectivity index (χ0n) is 16.9. The maximum atomic E-state index is 12.8. The Morgan fingerprint density at radius 1 is 1.18 bits per heavy atom. The molecule has 6 heteroatoms. The number of ether oxygens (including phenoxy) is 1. The van der Waals surface area contributed by atoms with Crippen LogP contribution in [0.4, 0.5) is 0 Å². The van der Waals surface area contributed by atoms with E-state index < -0.39 is 0 Å². The summed E-state index contributed by atoms with van der Waals surface area (Å²) in [5, 5.41) is 0. The molecular formula is C22H31N3O3. The zero-order chi connectivity index (χ0) is 19.6. The first-order valence-electron chi connectivity index (χ1n) is 10.7. The van der Waals surface area contributed by atoms with Crippen LogP contribution >= 0.6 is 0 Å². The Morgan fingerprint density at radius 3 is 2.64 bits per heavy atom. The van der Waals surface area contributed by atoms with Crippen molar-refractivity contribution in [3.05, 3.63) is 29.6 Å². The van der Waals surface area contributed by atoms with Crippen molar-refractivity contribution in [1.82, 2.24) is 14.8 Å².